The van der Waals surface area contributed by atoms with Gasteiger partial charge in [-0.2, -0.15) is 0 Å². The van der Waals surface area contributed by atoms with Gasteiger partial charge in [-0.3, -0.25) is 14.7 Å². The quantitative estimate of drug-likeness (QED) is 0.257. The van der Waals surface area contributed by atoms with Crippen molar-refractivity contribution in [2.24, 2.45) is 0 Å². The van der Waals surface area contributed by atoms with Gasteiger partial charge in [0.2, 0.25) is 5.91 Å². The first-order valence-electron chi connectivity index (χ1n) is 9.64. The van der Waals surface area contributed by atoms with Crippen LogP contribution in [0.15, 0.2) is 76.8 Å². The lowest BCUT2D eigenvalue weighted by molar-refractivity contribution is -0.118. The third-order valence-corrected chi connectivity index (χ3v) is 7.61. The summed E-state index contributed by atoms with van der Waals surface area (Å²) in [6.45, 7) is 0.452. The number of aromatic nitrogens is 2. The molecule has 8 heteroatoms. The van der Waals surface area contributed by atoms with Crippen LogP contribution in [0.25, 0.3) is 10.2 Å². The van der Waals surface area contributed by atoms with Crippen LogP contribution in [0.5, 0.6) is 0 Å². The van der Waals surface area contributed by atoms with Crippen LogP contribution < -0.4 is 4.90 Å². The number of halogens is 1. The average Bonchev–Trinajstić information content (AvgIpc) is 3.22. The number of thioether (sulfide) groups is 2. The van der Waals surface area contributed by atoms with E-state index < -0.39 is 0 Å². The maximum absolute atomic E-state index is 13.2. The SMILES string of the molecule is CSc1ccc2nc(N(Cc3cccnc3)C(=O)CCSc3ccc(Cl)cc3)sc2c1. The Hall–Kier alpha value is -2.06. The first-order chi connectivity index (χ1) is 15.1. The van der Waals surface area contributed by atoms with Crippen molar-refractivity contribution >= 4 is 67.7 Å². The number of rotatable bonds is 8. The van der Waals surface area contributed by atoms with E-state index in [0.717, 1.165) is 25.8 Å². The molecule has 0 bridgehead atoms. The van der Waals surface area contributed by atoms with Gasteiger partial charge in [-0.1, -0.05) is 29.0 Å². The molecule has 0 aliphatic heterocycles. The fourth-order valence-corrected chi connectivity index (χ4v) is 5.50. The van der Waals surface area contributed by atoms with E-state index in [-0.39, 0.29) is 5.91 Å². The number of carbonyl (C=O) groups excluding carboxylic acids is 1. The maximum Gasteiger partial charge on any atom is 0.229 e. The summed E-state index contributed by atoms with van der Waals surface area (Å²) in [5.74, 6) is 0.736. The Balaban J connectivity index is 1.53. The molecule has 0 aliphatic carbocycles. The summed E-state index contributed by atoms with van der Waals surface area (Å²) in [6, 6.07) is 17.8. The van der Waals surface area contributed by atoms with E-state index in [1.54, 1.807) is 52.2 Å². The molecule has 0 saturated carbocycles. The summed E-state index contributed by atoms with van der Waals surface area (Å²) in [6.07, 6.45) is 6.00. The van der Waals surface area contributed by atoms with Gasteiger partial charge in [0.1, 0.15) is 0 Å². The lowest BCUT2D eigenvalue weighted by Gasteiger charge is -2.20. The first-order valence-corrected chi connectivity index (χ1v) is 13.0. The highest BCUT2D eigenvalue weighted by atomic mass is 35.5. The predicted octanol–water partition coefficient (Wildman–Crippen LogP) is 6.78. The van der Waals surface area contributed by atoms with Gasteiger partial charge < -0.3 is 0 Å². The highest BCUT2D eigenvalue weighted by molar-refractivity contribution is 7.99. The van der Waals surface area contributed by atoms with E-state index in [0.29, 0.717) is 23.7 Å². The topological polar surface area (TPSA) is 46.1 Å². The number of hydrogen-bond donors (Lipinski definition) is 0. The number of carbonyl (C=O) groups is 1. The number of pyridine rings is 1. The summed E-state index contributed by atoms with van der Waals surface area (Å²) in [4.78, 5) is 26.2. The number of nitrogens with zero attached hydrogens (tertiary/aromatic N) is 3. The summed E-state index contributed by atoms with van der Waals surface area (Å²) in [5, 5.41) is 1.43. The standard InChI is InChI=1S/C23H20ClN3OS3/c1-29-19-8-9-20-21(13-19)31-23(26-20)27(15-16-3-2-11-25-14-16)22(28)10-12-30-18-6-4-17(24)5-7-18/h2-9,11,13-14H,10,12,15H2,1H3. The maximum atomic E-state index is 13.2. The molecular weight excluding hydrogens is 466 g/mol. The fourth-order valence-electron chi connectivity index (χ4n) is 2.99. The van der Waals surface area contributed by atoms with Crippen LogP contribution in [-0.4, -0.2) is 27.9 Å². The number of thiazole rings is 1. The number of amides is 1. The number of anilines is 1. The zero-order valence-corrected chi connectivity index (χ0v) is 20.0. The second-order valence-electron chi connectivity index (χ2n) is 6.72. The predicted molar refractivity (Wildman–Crippen MR) is 134 cm³/mol. The normalized spacial score (nSPS) is 11.0. The van der Waals surface area contributed by atoms with Crippen LogP contribution in [0.1, 0.15) is 12.0 Å². The Morgan fingerprint density at radius 1 is 1.13 bits per heavy atom. The van der Waals surface area contributed by atoms with Crippen LogP contribution >= 0.6 is 46.5 Å². The van der Waals surface area contributed by atoms with Crippen molar-refractivity contribution in [1.29, 1.82) is 0 Å². The van der Waals surface area contributed by atoms with Gasteiger partial charge in [0.15, 0.2) is 5.13 Å². The molecule has 2 aromatic heterocycles. The molecule has 2 heterocycles. The summed E-state index contributed by atoms with van der Waals surface area (Å²) >= 11 is 10.9. The molecular formula is C23H20ClN3OS3. The second-order valence-corrected chi connectivity index (χ2v) is 10.2. The Morgan fingerprint density at radius 3 is 2.68 bits per heavy atom. The lowest BCUT2D eigenvalue weighted by atomic mass is 10.2. The molecule has 0 saturated heterocycles. The van der Waals surface area contributed by atoms with E-state index in [1.807, 2.05) is 42.5 Å². The molecule has 0 radical (unpaired) electrons. The molecule has 1 amide bonds. The molecule has 0 unspecified atom stereocenters. The summed E-state index contributed by atoms with van der Waals surface area (Å²) < 4.78 is 1.08. The molecule has 31 heavy (non-hydrogen) atoms. The van der Waals surface area contributed by atoms with Crippen LogP contribution in [0, 0.1) is 0 Å². The lowest BCUT2D eigenvalue weighted by Crippen LogP contribution is -2.30. The van der Waals surface area contributed by atoms with Crippen molar-refractivity contribution in [1.82, 2.24) is 9.97 Å². The van der Waals surface area contributed by atoms with Gasteiger partial charge in [-0.25, -0.2) is 4.98 Å². The van der Waals surface area contributed by atoms with Crippen LogP contribution in [0.2, 0.25) is 5.02 Å². The molecule has 0 spiro atoms. The second kappa shape index (κ2) is 10.5. The Labute approximate surface area is 199 Å². The molecule has 158 valence electrons. The number of benzene rings is 2. The summed E-state index contributed by atoms with van der Waals surface area (Å²) in [7, 11) is 0. The largest absolute Gasteiger partial charge is 0.284 e. The van der Waals surface area contributed by atoms with Crippen LogP contribution in [0.3, 0.4) is 0 Å². The highest BCUT2D eigenvalue weighted by Gasteiger charge is 2.20. The smallest absolute Gasteiger partial charge is 0.229 e. The van der Waals surface area contributed by atoms with Gasteiger partial charge in [-0.15, -0.1) is 23.5 Å². The van der Waals surface area contributed by atoms with Crippen molar-refractivity contribution in [2.45, 2.75) is 22.8 Å². The minimum absolute atomic E-state index is 0.0504. The third kappa shape index (κ3) is 5.80. The van der Waals surface area contributed by atoms with Gasteiger partial charge >= 0.3 is 0 Å². The van der Waals surface area contributed by atoms with Crippen molar-refractivity contribution in [2.75, 3.05) is 16.9 Å². The first kappa shape index (κ1) is 22.1. The molecule has 4 rings (SSSR count). The monoisotopic (exact) mass is 485 g/mol. The van der Waals surface area contributed by atoms with Crippen LogP contribution in [0.4, 0.5) is 5.13 Å². The molecule has 2 aromatic carbocycles. The zero-order chi connectivity index (χ0) is 21.6. The Kier molecular flexibility index (Phi) is 7.50. The Morgan fingerprint density at radius 2 is 1.94 bits per heavy atom. The minimum atomic E-state index is 0.0504. The molecule has 0 atom stereocenters. The van der Waals surface area contributed by atoms with Crippen molar-refractivity contribution < 1.29 is 4.79 Å². The van der Waals surface area contributed by atoms with Crippen molar-refractivity contribution in [3.05, 3.63) is 77.6 Å². The van der Waals surface area contributed by atoms with Gasteiger partial charge in [0, 0.05) is 39.4 Å². The van der Waals surface area contributed by atoms with Crippen LogP contribution in [-0.2, 0) is 11.3 Å². The molecule has 0 N–H and O–H groups in total. The molecule has 0 fully saturated rings. The average molecular weight is 486 g/mol. The molecule has 4 aromatic rings. The van der Waals surface area contributed by atoms with E-state index in [2.05, 4.69) is 23.4 Å². The van der Waals surface area contributed by atoms with E-state index in [1.165, 1.54) is 4.90 Å². The van der Waals surface area contributed by atoms with E-state index in [4.69, 9.17) is 16.6 Å². The van der Waals surface area contributed by atoms with E-state index >= 15 is 0 Å². The van der Waals surface area contributed by atoms with Gasteiger partial charge in [-0.05, 0) is 60.4 Å². The molecule has 4 nitrogen and oxygen atoms in total. The highest BCUT2D eigenvalue weighted by Crippen LogP contribution is 2.33. The summed E-state index contributed by atoms with van der Waals surface area (Å²) in [5.41, 5.74) is 1.89. The number of fused-ring (bicyclic) bond motifs is 1. The molecule has 0 aliphatic rings. The minimum Gasteiger partial charge on any atom is -0.284 e. The Bertz CT molecular complexity index is 1170. The van der Waals surface area contributed by atoms with Crippen molar-refractivity contribution in [3.8, 4) is 0 Å². The van der Waals surface area contributed by atoms with Crippen molar-refractivity contribution in [3.63, 3.8) is 0 Å². The van der Waals surface area contributed by atoms with E-state index in [9.17, 15) is 4.79 Å². The number of hydrogen-bond acceptors (Lipinski definition) is 6. The van der Waals surface area contributed by atoms with Gasteiger partial charge in [0.25, 0.3) is 0 Å². The third-order valence-electron chi connectivity index (χ3n) is 4.58. The van der Waals surface area contributed by atoms with Gasteiger partial charge in [0.05, 0.1) is 16.8 Å². The fraction of sp³-hybridized carbons (Fsp3) is 0.174. The zero-order valence-electron chi connectivity index (χ0n) is 16.8.